The van der Waals surface area contributed by atoms with Crippen LogP contribution in [0.15, 0.2) is 0 Å². The van der Waals surface area contributed by atoms with Crippen LogP contribution >= 0.6 is 0 Å². The molecule has 4 heteroatoms. The van der Waals surface area contributed by atoms with Crippen LogP contribution < -0.4 is 0 Å². The summed E-state index contributed by atoms with van der Waals surface area (Å²) in [4.78, 5) is 1.61. The monoisotopic (exact) mass is 154 g/mol. The first-order valence-corrected chi connectivity index (χ1v) is 3.99. The summed E-state index contributed by atoms with van der Waals surface area (Å²) in [7, 11) is 0. The molecule has 0 fully saturated rings. The van der Waals surface area contributed by atoms with Crippen LogP contribution in [0.2, 0.25) is 0 Å². The van der Waals surface area contributed by atoms with Gasteiger partial charge < -0.3 is 0 Å². The van der Waals surface area contributed by atoms with Crippen LogP contribution in [0.25, 0.3) is 0 Å². The number of hydrogen-bond acceptors (Lipinski definition) is 3. The molecule has 11 heavy (non-hydrogen) atoms. The van der Waals surface area contributed by atoms with Crippen molar-refractivity contribution in [3.05, 3.63) is 5.82 Å². The molecule has 1 rings (SSSR count). The zero-order valence-corrected chi connectivity index (χ0v) is 7.28. The van der Waals surface area contributed by atoms with Crippen molar-refractivity contribution in [2.24, 2.45) is 5.92 Å². The van der Waals surface area contributed by atoms with E-state index in [1.807, 2.05) is 6.92 Å². The lowest BCUT2D eigenvalue weighted by Crippen LogP contribution is -2.00. The van der Waals surface area contributed by atoms with Gasteiger partial charge in [0.2, 0.25) is 0 Å². The van der Waals surface area contributed by atoms with Crippen molar-refractivity contribution >= 4 is 0 Å². The lowest BCUT2D eigenvalue weighted by Gasteiger charge is -1.96. The molecule has 0 unspecified atom stereocenters. The van der Waals surface area contributed by atoms with Gasteiger partial charge in [-0.2, -0.15) is 4.80 Å². The minimum absolute atomic E-state index is 0.601. The molecule has 62 valence electrons. The molecule has 4 nitrogen and oxygen atoms in total. The van der Waals surface area contributed by atoms with Crippen molar-refractivity contribution in [2.75, 3.05) is 0 Å². The molecular weight excluding hydrogens is 140 g/mol. The second-order valence-corrected chi connectivity index (χ2v) is 2.99. The smallest absolute Gasteiger partial charge is 0.164 e. The Morgan fingerprint density at radius 2 is 2.18 bits per heavy atom. The van der Waals surface area contributed by atoms with Gasteiger partial charge >= 0.3 is 0 Å². The Hall–Kier alpha value is -0.930. The molecule has 0 aromatic carbocycles. The van der Waals surface area contributed by atoms with E-state index in [2.05, 4.69) is 29.3 Å². The Bertz CT molecular complexity index is 216. The van der Waals surface area contributed by atoms with E-state index in [0.29, 0.717) is 5.92 Å². The fourth-order valence-corrected chi connectivity index (χ4v) is 0.857. The Morgan fingerprint density at radius 1 is 1.45 bits per heavy atom. The van der Waals surface area contributed by atoms with E-state index < -0.39 is 0 Å². The highest BCUT2D eigenvalue weighted by atomic mass is 15.6. The van der Waals surface area contributed by atoms with Crippen LogP contribution in [-0.2, 0) is 13.0 Å². The van der Waals surface area contributed by atoms with E-state index in [1.165, 1.54) is 0 Å². The second kappa shape index (κ2) is 3.46. The molecule has 0 aliphatic carbocycles. The van der Waals surface area contributed by atoms with Crippen molar-refractivity contribution in [3.8, 4) is 0 Å². The van der Waals surface area contributed by atoms with Crippen LogP contribution in [-0.4, -0.2) is 20.2 Å². The zero-order valence-electron chi connectivity index (χ0n) is 7.28. The van der Waals surface area contributed by atoms with Crippen molar-refractivity contribution in [3.63, 3.8) is 0 Å². The number of aromatic nitrogens is 4. The van der Waals surface area contributed by atoms with Gasteiger partial charge in [-0.15, -0.1) is 10.2 Å². The van der Waals surface area contributed by atoms with E-state index in [4.69, 9.17) is 0 Å². The molecule has 0 N–H and O–H groups in total. The number of nitrogens with zero attached hydrogens (tertiary/aromatic N) is 4. The van der Waals surface area contributed by atoms with Gasteiger partial charge in [0.1, 0.15) is 0 Å². The molecule has 1 aromatic rings. The van der Waals surface area contributed by atoms with Gasteiger partial charge in [-0.25, -0.2) is 0 Å². The van der Waals surface area contributed by atoms with Crippen LogP contribution in [0.4, 0.5) is 0 Å². The van der Waals surface area contributed by atoms with Gasteiger partial charge in [0.05, 0.1) is 6.54 Å². The van der Waals surface area contributed by atoms with Crippen molar-refractivity contribution in [1.29, 1.82) is 0 Å². The Kier molecular flexibility index (Phi) is 2.57. The molecule has 0 bridgehead atoms. The third-order valence-corrected chi connectivity index (χ3v) is 1.37. The van der Waals surface area contributed by atoms with E-state index in [9.17, 15) is 0 Å². The predicted molar refractivity (Wildman–Crippen MR) is 42.0 cm³/mol. The maximum absolute atomic E-state index is 4.16. The van der Waals surface area contributed by atoms with Gasteiger partial charge in [-0.3, -0.25) is 0 Å². The van der Waals surface area contributed by atoms with Gasteiger partial charge in [-0.1, -0.05) is 13.8 Å². The van der Waals surface area contributed by atoms with Crippen LogP contribution in [0.1, 0.15) is 26.6 Å². The molecule has 0 aliphatic rings. The lowest BCUT2D eigenvalue weighted by molar-refractivity contribution is 0.546. The van der Waals surface area contributed by atoms with Crippen LogP contribution in [0.3, 0.4) is 0 Å². The summed E-state index contributed by atoms with van der Waals surface area (Å²) in [6.45, 7) is 7.09. The minimum atomic E-state index is 0.601. The predicted octanol–water partition coefficient (Wildman–Crippen LogP) is 0.891. The number of hydrogen-bond donors (Lipinski definition) is 0. The lowest BCUT2D eigenvalue weighted by atomic mass is 10.1. The first-order chi connectivity index (χ1) is 5.22. The summed E-state index contributed by atoms with van der Waals surface area (Å²) in [5.41, 5.74) is 0. The van der Waals surface area contributed by atoms with Crippen molar-refractivity contribution in [2.45, 2.75) is 33.7 Å². The Labute approximate surface area is 66.6 Å². The van der Waals surface area contributed by atoms with Crippen LogP contribution in [0, 0.1) is 5.92 Å². The number of rotatable bonds is 3. The number of tetrazole rings is 1. The van der Waals surface area contributed by atoms with Crippen LogP contribution in [0.5, 0.6) is 0 Å². The first-order valence-electron chi connectivity index (χ1n) is 3.99. The molecular formula is C7H14N4. The molecule has 0 spiro atoms. The van der Waals surface area contributed by atoms with Crippen molar-refractivity contribution in [1.82, 2.24) is 20.2 Å². The molecule has 0 atom stereocenters. The summed E-state index contributed by atoms with van der Waals surface area (Å²) in [5.74, 6) is 1.45. The third-order valence-electron chi connectivity index (χ3n) is 1.37. The highest BCUT2D eigenvalue weighted by Gasteiger charge is 2.03. The van der Waals surface area contributed by atoms with E-state index in [1.54, 1.807) is 4.80 Å². The quantitative estimate of drug-likeness (QED) is 0.649. The van der Waals surface area contributed by atoms with Gasteiger partial charge in [-0.05, 0) is 18.1 Å². The summed E-state index contributed by atoms with van der Waals surface area (Å²) in [6.07, 6.45) is 0.917. The zero-order chi connectivity index (χ0) is 8.27. The average Bonchev–Trinajstić information content (AvgIpc) is 2.34. The molecule has 0 saturated heterocycles. The second-order valence-electron chi connectivity index (χ2n) is 2.99. The fraction of sp³-hybridized carbons (Fsp3) is 0.857. The highest BCUT2D eigenvalue weighted by molar-refractivity contribution is 4.77. The minimum Gasteiger partial charge on any atom is -0.164 e. The maximum atomic E-state index is 4.16. The maximum Gasteiger partial charge on any atom is 0.175 e. The van der Waals surface area contributed by atoms with E-state index in [0.717, 1.165) is 18.8 Å². The molecule has 1 heterocycles. The topological polar surface area (TPSA) is 43.6 Å². The molecule has 0 amide bonds. The summed E-state index contributed by atoms with van der Waals surface area (Å²) in [6, 6.07) is 0. The Balaban J connectivity index is 2.58. The number of aryl methyl sites for hydroxylation is 1. The van der Waals surface area contributed by atoms with E-state index in [-0.39, 0.29) is 0 Å². The normalized spacial score (nSPS) is 10.9. The average molecular weight is 154 g/mol. The molecule has 1 aromatic heterocycles. The van der Waals surface area contributed by atoms with Gasteiger partial charge in [0, 0.05) is 6.42 Å². The Morgan fingerprint density at radius 3 is 2.64 bits per heavy atom. The summed E-state index contributed by atoms with van der Waals surface area (Å²) < 4.78 is 0. The van der Waals surface area contributed by atoms with Gasteiger partial charge in [0.15, 0.2) is 5.82 Å². The molecule has 0 saturated carbocycles. The fourth-order valence-electron chi connectivity index (χ4n) is 0.857. The first kappa shape index (κ1) is 8.17. The summed E-state index contributed by atoms with van der Waals surface area (Å²) >= 11 is 0. The molecule has 0 aliphatic heterocycles. The largest absolute Gasteiger partial charge is 0.175 e. The van der Waals surface area contributed by atoms with Gasteiger partial charge in [0.25, 0.3) is 0 Å². The molecule has 0 radical (unpaired) electrons. The standard InChI is InChI=1S/C7H14N4/c1-4-11-9-7(8-10-11)5-6(2)3/h6H,4-5H2,1-3H3. The third kappa shape index (κ3) is 2.29. The van der Waals surface area contributed by atoms with Crippen molar-refractivity contribution < 1.29 is 0 Å². The highest BCUT2D eigenvalue weighted by Crippen LogP contribution is 1.99. The van der Waals surface area contributed by atoms with E-state index >= 15 is 0 Å². The SMILES string of the molecule is CCn1nnc(CC(C)C)n1. The summed E-state index contributed by atoms with van der Waals surface area (Å²) in [5, 5.41) is 11.9.